The molecule has 2 aromatic rings. The fraction of sp³-hybridized carbons (Fsp3) is 0.357. The molecule has 2 N–H and O–H groups in total. The molecule has 0 bridgehead atoms. The van der Waals surface area contributed by atoms with E-state index in [1.807, 2.05) is 24.3 Å². The number of halogens is 1. The average molecular weight is 323 g/mol. The van der Waals surface area contributed by atoms with E-state index in [2.05, 4.69) is 20.8 Å². The van der Waals surface area contributed by atoms with Gasteiger partial charge in [0, 0.05) is 10.6 Å². The van der Waals surface area contributed by atoms with Crippen LogP contribution in [0.3, 0.4) is 0 Å². The number of nitrogens with one attached hydrogen (secondary N) is 2. The van der Waals surface area contributed by atoms with Crippen molar-refractivity contribution in [3.05, 3.63) is 29.3 Å². The van der Waals surface area contributed by atoms with Crippen molar-refractivity contribution in [1.82, 2.24) is 15.5 Å². The molecule has 2 heterocycles. The summed E-state index contributed by atoms with van der Waals surface area (Å²) in [6.45, 7) is 0.891. The van der Waals surface area contributed by atoms with E-state index in [4.69, 9.17) is 11.6 Å². The van der Waals surface area contributed by atoms with Gasteiger partial charge in [-0.15, -0.1) is 10.2 Å². The van der Waals surface area contributed by atoms with E-state index < -0.39 is 0 Å². The number of carbonyl (C=O) groups excluding carboxylic acids is 1. The molecule has 0 aliphatic carbocycles. The largest absolute Gasteiger partial charge is 0.306 e. The minimum atomic E-state index is -0.128. The number of aromatic nitrogens is 2. The Morgan fingerprint density at radius 3 is 3.05 bits per heavy atom. The van der Waals surface area contributed by atoms with Crippen LogP contribution in [0.4, 0.5) is 5.13 Å². The molecule has 21 heavy (non-hydrogen) atoms. The second kappa shape index (κ2) is 6.51. The fourth-order valence-corrected chi connectivity index (χ4v) is 3.21. The summed E-state index contributed by atoms with van der Waals surface area (Å²) in [6.07, 6.45) is 3.07. The summed E-state index contributed by atoms with van der Waals surface area (Å²) in [5.74, 6) is -0.0384. The maximum Gasteiger partial charge on any atom is 0.243 e. The quantitative estimate of drug-likeness (QED) is 0.911. The van der Waals surface area contributed by atoms with Gasteiger partial charge in [-0.3, -0.25) is 10.1 Å². The molecule has 1 unspecified atom stereocenters. The van der Waals surface area contributed by atoms with E-state index in [0.29, 0.717) is 10.2 Å². The first-order chi connectivity index (χ1) is 10.2. The smallest absolute Gasteiger partial charge is 0.243 e. The zero-order valence-electron chi connectivity index (χ0n) is 11.3. The molecule has 1 saturated heterocycles. The highest BCUT2D eigenvalue weighted by Gasteiger charge is 2.21. The Morgan fingerprint density at radius 1 is 1.38 bits per heavy atom. The predicted octanol–water partition coefficient (Wildman–Crippen LogP) is 2.94. The Kier molecular flexibility index (Phi) is 4.48. The lowest BCUT2D eigenvalue weighted by molar-refractivity contribution is -0.118. The monoisotopic (exact) mass is 322 g/mol. The van der Waals surface area contributed by atoms with Gasteiger partial charge in [-0.2, -0.15) is 0 Å². The third-order valence-corrected chi connectivity index (χ3v) is 4.48. The van der Waals surface area contributed by atoms with E-state index in [1.165, 1.54) is 11.3 Å². The maximum atomic E-state index is 12.1. The lowest BCUT2D eigenvalue weighted by atomic mass is 10.0. The molecule has 1 atom stereocenters. The van der Waals surface area contributed by atoms with Crippen molar-refractivity contribution in [2.75, 3.05) is 11.9 Å². The summed E-state index contributed by atoms with van der Waals surface area (Å²) in [7, 11) is 0. The van der Waals surface area contributed by atoms with Crippen LogP contribution in [0.5, 0.6) is 0 Å². The molecular weight excluding hydrogens is 308 g/mol. The zero-order chi connectivity index (χ0) is 14.7. The van der Waals surface area contributed by atoms with Crippen LogP contribution in [0.25, 0.3) is 10.6 Å². The molecule has 5 nitrogen and oxygen atoms in total. The molecule has 0 spiro atoms. The summed E-state index contributed by atoms with van der Waals surface area (Å²) >= 11 is 7.31. The van der Waals surface area contributed by atoms with Crippen molar-refractivity contribution in [3.8, 4) is 10.6 Å². The standard InChI is InChI=1S/C14H15ClN4OS/c15-10-5-3-4-9(8-10)13-18-19-14(21-13)17-12(20)11-6-1-2-7-16-11/h3-5,8,11,16H,1-2,6-7H2,(H,17,19,20). The number of piperidine rings is 1. The Bertz CT molecular complexity index is 639. The van der Waals surface area contributed by atoms with Gasteiger partial charge in [-0.25, -0.2) is 0 Å². The Morgan fingerprint density at radius 2 is 2.29 bits per heavy atom. The summed E-state index contributed by atoms with van der Waals surface area (Å²) in [6, 6.07) is 7.29. The van der Waals surface area contributed by atoms with E-state index in [9.17, 15) is 4.79 Å². The SMILES string of the molecule is O=C(Nc1nnc(-c2cccc(Cl)c2)s1)C1CCCCN1. The molecule has 3 rings (SSSR count). The van der Waals surface area contributed by atoms with Crippen LogP contribution in [-0.2, 0) is 4.79 Å². The number of nitrogens with zero attached hydrogens (tertiary/aromatic N) is 2. The molecule has 0 saturated carbocycles. The molecule has 110 valence electrons. The van der Waals surface area contributed by atoms with Crippen LogP contribution in [-0.4, -0.2) is 28.7 Å². The highest BCUT2D eigenvalue weighted by molar-refractivity contribution is 7.18. The van der Waals surface area contributed by atoms with Crippen LogP contribution < -0.4 is 10.6 Å². The number of amides is 1. The summed E-state index contributed by atoms with van der Waals surface area (Å²) in [5.41, 5.74) is 0.899. The van der Waals surface area contributed by atoms with Crippen LogP contribution in [0, 0.1) is 0 Å². The number of anilines is 1. The highest BCUT2D eigenvalue weighted by atomic mass is 35.5. The first-order valence-corrected chi connectivity index (χ1v) is 8.05. The highest BCUT2D eigenvalue weighted by Crippen LogP contribution is 2.28. The van der Waals surface area contributed by atoms with Gasteiger partial charge in [0.1, 0.15) is 5.01 Å². The first-order valence-electron chi connectivity index (χ1n) is 6.86. The summed E-state index contributed by atoms with van der Waals surface area (Å²) < 4.78 is 0. The summed E-state index contributed by atoms with van der Waals surface area (Å²) in [4.78, 5) is 12.1. The molecule has 0 radical (unpaired) electrons. The molecule has 1 fully saturated rings. The van der Waals surface area contributed by atoms with Crippen LogP contribution >= 0.6 is 22.9 Å². The third-order valence-electron chi connectivity index (χ3n) is 3.35. The lowest BCUT2D eigenvalue weighted by Gasteiger charge is -2.21. The van der Waals surface area contributed by atoms with Gasteiger partial charge in [0.05, 0.1) is 6.04 Å². The molecule has 7 heteroatoms. The van der Waals surface area contributed by atoms with Gasteiger partial charge in [0.15, 0.2) is 0 Å². The normalized spacial score (nSPS) is 18.4. The third kappa shape index (κ3) is 3.58. The van der Waals surface area contributed by atoms with Crippen molar-refractivity contribution in [2.24, 2.45) is 0 Å². The molecular formula is C14H15ClN4OS. The van der Waals surface area contributed by atoms with E-state index in [1.54, 1.807) is 0 Å². The average Bonchev–Trinajstić information content (AvgIpc) is 2.97. The van der Waals surface area contributed by atoms with Crippen molar-refractivity contribution >= 4 is 34.0 Å². The van der Waals surface area contributed by atoms with Gasteiger partial charge in [-0.1, -0.05) is 41.5 Å². The lowest BCUT2D eigenvalue weighted by Crippen LogP contribution is -2.43. The molecule has 1 aromatic heterocycles. The number of hydrogen-bond donors (Lipinski definition) is 2. The fourth-order valence-electron chi connectivity index (χ4n) is 2.28. The van der Waals surface area contributed by atoms with Crippen molar-refractivity contribution < 1.29 is 4.79 Å². The Hall–Kier alpha value is -1.50. The zero-order valence-corrected chi connectivity index (χ0v) is 12.9. The molecule has 1 amide bonds. The minimum Gasteiger partial charge on any atom is -0.306 e. The van der Waals surface area contributed by atoms with Crippen molar-refractivity contribution in [1.29, 1.82) is 0 Å². The second-order valence-electron chi connectivity index (χ2n) is 4.91. The van der Waals surface area contributed by atoms with Crippen molar-refractivity contribution in [3.63, 3.8) is 0 Å². The van der Waals surface area contributed by atoms with Gasteiger partial charge in [0.2, 0.25) is 11.0 Å². The Labute approximate surface area is 131 Å². The number of carbonyl (C=O) groups is 1. The summed E-state index contributed by atoms with van der Waals surface area (Å²) in [5, 5.41) is 16.1. The second-order valence-corrected chi connectivity index (χ2v) is 6.33. The molecule has 1 aromatic carbocycles. The van der Waals surface area contributed by atoms with Crippen LogP contribution in [0.15, 0.2) is 24.3 Å². The molecule has 1 aliphatic heterocycles. The Balaban J connectivity index is 1.69. The van der Waals surface area contributed by atoms with E-state index in [0.717, 1.165) is 36.4 Å². The van der Waals surface area contributed by atoms with Crippen LogP contribution in [0.1, 0.15) is 19.3 Å². The van der Waals surface area contributed by atoms with Gasteiger partial charge >= 0.3 is 0 Å². The number of benzene rings is 1. The predicted molar refractivity (Wildman–Crippen MR) is 84.6 cm³/mol. The topological polar surface area (TPSA) is 66.9 Å². The number of hydrogen-bond acceptors (Lipinski definition) is 5. The van der Waals surface area contributed by atoms with E-state index in [-0.39, 0.29) is 11.9 Å². The van der Waals surface area contributed by atoms with E-state index >= 15 is 0 Å². The first kappa shape index (κ1) is 14.4. The van der Waals surface area contributed by atoms with Gasteiger partial charge in [0.25, 0.3) is 0 Å². The number of rotatable bonds is 3. The van der Waals surface area contributed by atoms with Gasteiger partial charge < -0.3 is 5.32 Å². The van der Waals surface area contributed by atoms with Gasteiger partial charge in [-0.05, 0) is 31.5 Å². The minimum absolute atomic E-state index is 0.0384. The van der Waals surface area contributed by atoms with Crippen LogP contribution in [0.2, 0.25) is 5.02 Å². The van der Waals surface area contributed by atoms with Crippen molar-refractivity contribution in [2.45, 2.75) is 25.3 Å². The maximum absolute atomic E-state index is 12.1. The molecule has 1 aliphatic rings.